The maximum absolute atomic E-state index is 12.1. The summed E-state index contributed by atoms with van der Waals surface area (Å²) < 4.78 is 80.4. The number of aromatic hydroxyl groups is 1. The van der Waals surface area contributed by atoms with E-state index in [4.69, 9.17) is 9.47 Å². The Labute approximate surface area is 396 Å². The average molecular weight is 907 g/mol. The van der Waals surface area contributed by atoms with Crippen molar-refractivity contribution in [1.82, 2.24) is 0 Å². The molecule has 0 radical (unpaired) electrons. The summed E-state index contributed by atoms with van der Waals surface area (Å²) in [5.74, 6) is 0.449. The summed E-state index contributed by atoms with van der Waals surface area (Å²) in [6, 6.07) is 23.3. The number of unbranched alkanes of at least 4 members (excludes halogenated alkanes) is 18. The molecule has 0 bridgehead atoms. The van der Waals surface area contributed by atoms with E-state index >= 15 is 0 Å². The molecule has 332 valence electrons. The molecule has 0 aliphatic carbocycles. The fourth-order valence-electron chi connectivity index (χ4n) is 7.22. The first-order valence-corrected chi connectivity index (χ1v) is 24.8. The number of para-hydroxylation sites is 2. The normalized spacial score (nSPS) is 11.3. The van der Waals surface area contributed by atoms with E-state index < -0.39 is 41.5 Å². The van der Waals surface area contributed by atoms with Crippen LogP contribution in [0, 0.1) is 0 Å². The smallest absolute Gasteiger partial charge is 0.872 e. The fourth-order valence-corrected chi connectivity index (χ4v) is 8.89. The summed E-state index contributed by atoms with van der Waals surface area (Å²) in [7, 11) is -9.46. The molecule has 4 rings (SSSR count). The number of hydrogen-bond donors (Lipinski definition) is 2. The Balaban J connectivity index is 0.000000413. The van der Waals surface area contributed by atoms with Crippen LogP contribution in [0.15, 0.2) is 94.7 Å². The first-order chi connectivity index (χ1) is 28.9. The van der Waals surface area contributed by atoms with E-state index in [2.05, 4.69) is 13.8 Å². The zero-order valence-electron chi connectivity index (χ0n) is 36.3. The van der Waals surface area contributed by atoms with Crippen molar-refractivity contribution >= 4 is 58.0 Å². The van der Waals surface area contributed by atoms with E-state index in [1.54, 1.807) is 42.5 Å². The van der Waals surface area contributed by atoms with Crippen LogP contribution in [0.2, 0.25) is 0 Å². The molecule has 4 aromatic rings. The van der Waals surface area contributed by atoms with Crippen LogP contribution in [-0.4, -0.2) is 68.8 Å². The Morgan fingerprint density at radius 1 is 0.492 bits per heavy atom. The van der Waals surface area contributed by atoms with Crippen molar-refractivity contribution in [1.29, 1.82) is 0 Å². The summed E-state index contributed by atoms with van der Waals surface area (Å²) >= 11 is 0. The van der Waals surface area contributed by atoms with Crippen LogP contribution in [0.3, 0.4) is 0 Å². The number of phenols is 1. The third-order valence-corrected chi connectivity index (χ3v) is 12.3. The van der Waals surface area contributed by atoms with Crippen molar-refractivity contribution < 1.29 is 45.6 Å². The van der Waals surface area contributed by atoms with Crippen molar-refractivity contribution in [2.45, 2.75) is 165 Å². The zero-order chi connectivity index (χ0) is 43.6. The molecular formula is C48H66CaO10S2. The second kappa shape index (κ2) is 30.3. The van der Waals surface area contributed by atoms with Crippen molar-refractivity contribution in [3.63, 3.8) is 0 Å². The van der Waals surface area contributed by atoms with Crippen LogP contribution in [0.25, 0.3) is 0 Å². The van der Waals surface area contributed by atoms with Gasteiger partial charge in [0.05, 0.1) is 4.90 Å². The van der Waals surface area contributed by atoms with E-state index in [9.17, 15) is 36.2 Å². The molecule has 0 aliphatic rings. The number of phenolic OH excluding ortho intramolecular Hbond substituents is 1. The number of hydrogen-bond acceptors (Lipinski definition) is 9. The van der Waals surface area contributed by atoms with Crippen LogP contribution < -0.4 is 14.6 Å². The molecule has 4 aromatic carbocycles. The third-order valence-electron chi connectivity index (χ3n) is 10.4. The predicted octanol–water partition coefficient (Wildman–Crippen LogP) is 12.4. The van der Waals surface area contributed by atoms with Gasteiger partial charge in [-0.05, 0) is 68.1 Å². The predicted molar refractivity (Wildman–Crippen MR) is 242 cm³/mol. The summed E-state index contributed by atoms with van der Waals surface area (Å²) in [4.78, 5) is -1.13. The number of benzene rings is 4. The Kier molecular flexibility index (Phi) is 27.0. The topological polar surface area (TPSA) is 173 Å². The minimum absolute atomic E-state index is 0. The van der Waals surface area contributed by atoms with Crippen LogP contribution in [-0.2, 0) is 33.1 Å². The van der Waals surface area contributed by atoms with E-state index in [0.717, 1.165) is 44.6 Å². The van der Waals surface area contributed by atoms with E-state index in [0.29, 0.717) is 42.1 Å². The van der Waals surface area contributed by atoms with Gasteiger partial charge in [-0.2, -0.15) is 8.42 Å². The molecule has 0 aliphatic heterocycles. The molecule has 0 heterocycles. The van der Waals surface area contributed by atoms with E-state index in [1.165, 1.54) is 95.6 Å². The number of rotatable bonds is 28. The maximum Gasteiger partial charge on any atom is 2.00 e. The molecule has 0 saturated heterocycles. The van der Waals surface area contributed by atoms with Gasteiger partial charge in [0.1, 0.15) is 43.8 Å². The minimum Gasteiger partial charge on any atom is -0.872 e. The zero-order valence-corrected chi connectivity index (χ0v) is 40.2. The molecule has 2 N–H and O–H groups in total. The van der Waals surface area contributed by atoms with Gasteiger partial charge in [0.2, 0.25) is 0 Å². The van der Waals surface area contributed by atoms with Crippen LogP contribution in [0.1, 0.15) is 153 Å². The van der Waals surface area contributed by atoms with Gasteiger partial charge >= 0.3 is 37.7 Å². The molecule has 0 spiro atoms. The Morgan fingerprint density at radius 2 is 0.836 bits per heavy atom. The first kappa shape index (κ1) is 54.3. The fraction of sp³-hybridized carbons (Fsp3) is 0.500. The van der Waals surface area contributed by atoms with Gasteiger partial charge in [-0.25, -0.2) is 8.42 Å². The van der Waals surface area contributed by atoms with Crippen LogP contribution in [0.4, 0.5) is 0 Å². The summed E-state index contributed by atoms with van der Waals surface area (Å²) in [6.45, 7) is 4.43. The Hall–Kier alpha value is -2.84. The largest absolute Gasteiger partial charge is 2.00 e. The monoisotopic (exact) mass is 906 g/mol. The second-order valence-corrected chi connectivity index (χ2v) is 18.1. The molecule has 0 amide bonds. The van der Waals surface area contributed by atoms with Crippen molar-refractivity contribution in [3.8, 4) is 34.5 Å². The molecule has 0 unspecified atom stereocenters. The molecule has 0 atom stereocenters. The SMILES string of the molecule is CCCCCCCCCCCCc1c(Oc2ccccc2)ccc(O)c1S(=O)(=O)O.CCCCCCCCCCCCc1c(Oc2ccccc2)ccc([O-])c1S(=O)(=O)[O-].[Ca+2]. The molecule has 61 heavy (non-hydrogen) atoms. The van der Waals surface area contributed by atoms with Crippen LogP contribution in [0.5, 0.6) is 34.5 Å². The van der Waals surface area contributed by atoms with Crippen molar-refractivity contribution in [2.75, 3.05) is 0 Å². The van der Waals surface area contributed by atoms with Crippen LogP contribution >= 0.6 is 0 Å². The Morgan fingerprint density at radius 3 is 1.20 bits per heavy atom. The van der Waals surface area contributed by atoms with Gasteiger partial charge in [0.15, 0.2) is 0 Å². The van der Waals surface area contributed by atoms with Crippen molar-refractivity contribution in [2.24, 2.45) is 0 Å². The number of ether oxygens (including phenoxy) is 2. The molecule has 0 saturated carbocycles. The van der Waals surface area contributed by atoms with E-state index in [-0.39, 0.29) is 49.1 Å². The van der Waals surface area contributed by atoms with Gasteiger partial charge in [-0.1, -0.05) is 178 Å². The van der Waals surface area contributed by atoms with Gasteiger partial charge in [0, 0.05) is 11.1 Å². The molecule has 10 nitrogen and oxygen atoms in total. The molecular weight excluding hydrogens is 841 g/mol. The average Bonchev–Trinajstić information content (AvgIpc) is 3.21. The van der Waals surface area contributed by atoms with Gasteiger partial charge < -0.3 is 24.2 Å². The summed E-state index contributed by atoms with van der Waals surface area (Å²) in [6.07, 6.45) is 23.8. The quantitative estimate of drug-likeness (QED) is 0.0317. The van der Waals surface area contributed by atoms with Crippen molar-refractivity contribution in [3.05, 3.63) is 96.1 Å². The summed E-state index contributed by atoms with van der Waals surface area (Å²) in [5, 5.41) is 22.2. The minimum atomic E-state index is -4.88. The molecule has 0 fully saturated rings. The van der Waals surface area contributed by atoms with Gasteiger partial charge in [0.25, 0.3) is 10.1 Å². The summed E-state index contributed by atoms with van der Waals surface area (Å²) in [5.41, 5.74) is 0.516. The van der Waals surface area contributed by atoms with Gasteiger partial charge in [-0.3, -0.25) is 4.55 Å². The first-order valence-electron chi connectivity index (χ1n) is 21.9. The third kappa shape index (κ3) is 20.9. The van der Waals surface area contributed by atoms with E-state index in [1.807, 2.05) is 24.3 Å². The Bertz CT molecular complexity index is 1880. The maximum atomic E-state index is 12.1. The molecule has 13 heteroatoms. The molecule has 0 aromatic heterocycles. The second-order valence-electron chi connectivity index (χ2n) is 15.4. The van der Waals surface area contributed by atoms with Gasteiger partial charge in [-0.15, -0.1) is 0 Å². The standard InChI is InChI=1S/2C24H34O5S.Ca/c2*1-2-3-4-5-6-7-8-9-10-14-17-21-23(29-20-15-12-11-13-16-20)19-18-22(25)24(21)30(26,27)28;/h2*11-13,15-16,18-19,25H,2-10,14,17H2,1H3,(H,26,27,28);/q;;+2/p-2.